The second-order valence-corrected chi connectivity index (χ2v) is 7.29. The van der Waals surface area contributed by atoms with E-state index in [1.54, 1.807) is 4.90 Å². The van der Waals surface area contributed by atoms with E-state index < -0.39 is 11.6 Å². The Morgan fingerprint density at radius 2 is 1.92 bits per heavy atom. The number of carbonyl (C=O) groups excluding carboxylic acids is 1. The first-order valence-corrected chi connectivity index (χ1v) is 8.79. The maximum absolute atomic E-state index is 13.9. The quantitative estimate of drug-likeness (QED) is 0.841. The van der Waals surface area contributed by atoms with Gasteiger partial charge in [0.05, 0.1) is 6.07 Å². The van der Waals surface area contributed by atoms with Gasteiger partial charge in [0.2, 0.25) is 5.91 Å². The molecule has 3 atom stereocenters. The van der Waals surface area contributed by atoms with E-state index in [2.05, 4.69) is 11.0 Å². The van der Waals surface area contributed by atoms with Crippen molar-refractivity contribution in [2.24, 2.45) is 11.8 Å². The van der Waals surface area contributed by atoms with Crippen LogP contribution in [0.25, 0.3) is 0 Å². The highest BCUT2D eigenvalue weighted by molar-refractivity contribution is 5.83. The summed E-state index contributed by atoms with van der Waals surface area (Å²) in [6.07, 6.45) is 0.576. The van der Waals surface area contributed by atoms with Crippen LogP contribution in [0, 0.1) is 34.8 Å². The van der Waals surface area contributed by atoms with Gasteiger partial charge in [0.15, 0.2) is 0 Å². The molecule has 0 N–H and O–H groups in total. The van der Waals surface area contributed by atoms with Crippen LogP contribution in [-0.2, 0) is 4.79 Å². The van der Waals surface area contributed by atoms with Gasteiger partial charge < -0.3 is 4.90 Å². The van der Waals surface area contributed by atoms with Crippen LogP contribution in [0.5, 0.6) is 0 Å². The van der Waals surface area contributed by atoms with Crippen molar-refractivity contribution in [2.45, 2.75) is 32.2 Å². The SMILES string of the molecule is CC(C)[C@H](C#N)N1CCN(C(=O)[C@H]2C[C@H]2c2cc(F)ccc2F)CC1. The number of nitriles is 1. The van der Waals surface area contributed by atoms with Crippen molar-refractivity contribution >= 4 is 5.91 Å². The molecule has 0 radical (unpaired) electrons. The van der Waals surface area contributed by atoms with Gasteiger partial charge in [-0.1, -0.05) is 13.8 Å². The molecule has 1 heterocycles. The Kier molecular flexibility index (Phi) is 5.05. The molecular formula is C19H23F2N3O. The Balaban J connectivity index is 1.58. The molecule has 6 heteroatoms. The van der Waals surface area contributed by atoms with Gasteiger partial charge in [-0.3, -0.25) is 9.69 Å². The fourth-order valence-electron chi connectivity index (χ4n) is 3.72. The highest BCUT2D eigenvalue weighted by Crippen LogP contribution is 2.49. The van der Waals surface area contributed by atoms with Crippen molar-refractivity contribution in [3.8, 4) is 6.07 Å². The number of nitrogens with zero attached hydrogens (tertiary/aromatic N) is 3. The highest BCUT2D eigenvalue weighted by Gasteiger charge is 2.47. The molecule has 0 bridgehead atoms. The second kappa shape index (κ2) is 7.09. The van der Waals surface area contributed by atoms with Crippen LogP contribution in [-0.4, -0.2) is 47.9 Å². The molecule has 0 spiro atoms. The van der Waals surface area contributed by atoms with Gasteiger partial charge in [0.25, 0.3) is 0 Å². The molecule has 1 amide bonds. The maximum atomic E-state index is 13.9. The van der Waals surface area contributed by atoms with Crippen LogP contribution in [0.2, 0.25) is 0 Å². The lowest BCUT2D eigenvalue weighted by Crippen LogP contribution is -2.53. The van der Waals surface area contributed by atoms with E-state index in [0.717, 1.165) is 12.1 Å². The third kappa shape index (κ3) is 3.67. The lowest BCUT2D eigenvalue weighted by atomic mass is 10.0. The summed E-state index contributed by atoms with van der Waals surface area (Å²) in [5, 5.41) is 9.29. The standard InChI is InChI=1S/C19H23F2N3O/c1-12(2)18(11-22)23-5-7-24(8-6-23)19(25)16-10-14(16)15-9-13(20)3-4-17(15)21/h3-4,9,12,14,16,18H,5-8,10H2,1-2H3/t14-,16-,18-/m0/s1. The largest absolute Gasteiger partial charge is 0.340 e. The first-order valence-electron chi connectivity index (χ1n) is 8.79. The Morgan fingerprint density at radius 3 is 2.52 bits per heavy atom. The first kappa shape index (κ1) is 17.8. The first-order chi connectivity index (χ1) is 11.9. The summed E-state index contributed by atoms with van der Waals surface area (Å²) in [7, 11) is 0. The van der Waals surface area contributed by atoms with Gasteiger partial charge in [-0.2, -0.15) is 5.26 Å². The van der Waals surface area contributed by atoms with Gasteiger partial charge >= 0.3 is 0 Å². The summed E-state index contributed by atoms with van der Waals surface area (Å²) in [5.41, 5.74) is 0.307. The van der Waals surface area contributed by atoms with Gasteiger partial charge in [-0.05, 0) is 42.0 Å². The minimum absolute atomic E-state index is 0.0198. The average molecular weight is 347 g/mol. The molecule has 0 aromatic heterocycles. The van der Waals surface area contributed by atoms with Gasteiger partial charge in [0, 0.05) is 32.1 Å². The summed E-state index contributed by atoms with van der Waals surface area (Å²) in [6, 6.07) is 5.62. The molecule has 1 aliphatic carbocycles. The Morgan fingerprint density at radius 1 is 1.24 bits per heavy atom. The smallest absolute Gasteiger partial charge is 0.226 e. The van der Waals surface area contributed by atoms with Crippen LogP contribution >= 0.6 is 0 Å². The third-order valence-electron chi connectivity index (χ3n) is 5.25. The van der Waals surface area contributed by atoms with Crippen LogP contribution in [0.1, 0.15) is 31.7 Å². The Labute approximate surface area is 147 Å². The summed E-state index contributed by atoms with van der Waals surface area (Å²) in [4.78, 5) is 16.6. The van der Waals surface area contributed by atoms with E-state index in [1.807, 2.05) is 13.8 Å². The van der Waals surface area contributed by atoms with Crippen LogP contribution in [0.15, 0.2) is 18.2 Å². The lowest BCUT2D eigenvalue weighted by molar-refractivity contribution is -0.134. The molecule has 25 heavy (non-hydrogen) atoms. The molecule has 4 nitrogen and oxygen atoms in total. The Hall–Kier alpha value is -2.00. The van der Waals surface area contributed by atoms with Crippen molar-refractivity contribution in [1.82, 2.24) is 9.80 Å². The molecule has 3 rings (SSSR count). The van der Waals surface area contributed by atoms with E-state index in [1.165, 1.54) is 6.07 Å². The monoisotopic (exact) mass is 347 g/mol. The van der Waals surface area contributed by atoms with Gasteiger partial charge in [-0.15, -0.1) is 0 Å². The average Bonchev–Trinajstić information content (AvgIpc) is 3.38. The topological polar surface area (TPSA) is 47.3 Å². The molecule has 2 fully saturated rings. The van der Waals surface area contributed by atoms with Crippen LogP contribution < -0.4 is 0 Å². The summed E-state index contributed by atoms with van der Waals surface area (Å²) < 4.78 is 27.2. The second-order valence-electron chi connectivity index (χ2n) is 7.29. The third-order valence-corrected chi connectivity index (χ3v) is 5.25. The molecule has 2 aliphatic rings. The number of hydrogen-bond donors (Lipinski definition) is 0. The molecule has 134 valence electrons. The number of carbonyl (C=O) groups is 1. The Bertz CT molecular complexity index is 692. The molecule has 0 unspecified atom stereocenters. The van der Waals surface area contributed by atoms with E-state index in [-0.39, 0.29) is 29.7 Å². The fourth-order valence-corrected chi connectivity index (χ4v) is 3.72. The van der Waals surface area contributed by atoms with Gasteiger partial charge in [-0.25, -0.2) is 8.78 Å². The van der Waals surface area contributed by atoms with E-state index in [4.69, 9.17) is 0 Å². The minimum Gasteiger partial charge on any atom is -0.340 e. The van der Waals surface area contributed by atoms with E-state index >= 15 is 0 Å². The molecule has 1 aromatic carbocycles. The predicted molar refractivity (Wildman–Crippen MR) is 89.6 cm³/mol. The number of amides is 1. The van der Waals surface area contributed by atoms with Crippen molar-refractivity contribution in [3.05, 3.63) is 35.4 Å². The fraction of sp³-hybridized carbons (Fsp3) is 0.579. The predicted octanol–water partition coefficient (Wildman–Crippen LogP) is 2.76. The molecule has 1 aromatic rings. The van der Waals surface area contributed by atoms with Crippen molar-refractivity contribution in [1.29, 1.82) is 5.26 Å². The number of benzene rings is 1. The molecule has 1 saturated carbocycles. The molecule has 1 saturated heterocycles. The minimum atomic E-state index is -0.473. The molecule has 1 aliphatic heterocycles. The molecular weight excluding hydrogens is 324 g/mol. The normalized spacial score (nSPS) is 24.9. The number of halogens is 2. The zero-order valence-corrected chi connectivity index (χ0v) is 14.6. The number of piperazine rings is 1. The van der Waals surface area contributed by atoms with Crippen LogP contribution in [0.4, 0.5) is 8.78 Å². The summed E-state index contributed by atoms with van der Waals surface area (Å²) >= 11 is 0. The summed E-state index contributed by atoms with van der Waals surface area (Å²) in [6.45, 7) is 6.56. The van der Waals surface area contributed by atoms with E-state index in [0.29, 0.717) is 38.2 Å². The maximum Gasteiger partial charge on any atom is 0.226 e. The number of rotatable bonds is 4. The van der Waals surface area contributed by atoms with Crippen molar-refractivity contribution in [3.63, 3.8) is 0 Å². The number of hydrogen-bond acceptors (Lipinski definition) is 3. The zero-order valence-electron chi connectivity index (χ0n) is 14.6. The van der Waals surface area contributed by atoms with Crippen LogP contribution in [0.3, 0.4) is 0 Å². The summed E-state index contributed by atoms with van der Waals surface area (Å²) in [5.74, 6) is -1.12. The lowest BCUT2D eigenvalue weighted by Gasteiger charge is -2.38. The van der Waals surface area contributed by atoms with Crippen molar-refractivity contribution < 1.29 is 13.6 Å². The zero-order chi connectivity index (χ0) is 18.1. The van der Waals surface area contributed by atoms with Crippen molar-refractivity contribution in [2.75, 3.05) is 26.2 Å². The van der Waals surface area contributed by atoms with E-state index in [9.17, 15) is 18.8 Å². The highest BCUT2D eigenvalue weighted by atomic mass is 19.1. The van der Waals surface area contributed by atoms with Gasteiger partial charge in [0.1, 0.15) is 17.7 Å².